The molecule has 116 heavy (non-hydrogen) atoms. The SMILES string of the molecule is CCCC[N+]1(CC)CCCCC1.CCCC[N+]1(CC)CCCCC1.CCCC[N+]1(CC)CCCCC1.CCCC[N+]1(CC)CCCCC1.CCCC[N+]1(CC)CCCCC1.CCCC[N+]1(CC)CCCCC1.CCCC[N+]1(CC)CCCCC1.CCCC[N+]1(CC)CCCCC1.N#CB([O-])[O-].N#CB([O-])[O-].N#CB([O-])[O-].N#CB([O-])[O-]. The molecule has 0 spiro atoms. The Bertz CT molecular complexity index is 1850. The molecule has 0 radical (unpaired) electrons. The van der Waals surface area contributed by atoms with Gasteiger partial charge in [-0.15, -0.1) is 0 Å². The summed E-state index contributed by atoms with van der Waals surface area (Å²) in [5.74, 6) is 3.67. The van der Waals surface area contributed by atoms with E-state index in [0.717, 1.165) is 23.9 Å². The zero-order valence-electron chi connectivity index (χ0n) is 79.9. The number of likely N-dealkylation sites (tertiary alicyclic amines) is 8. The number of hydrogen-bond acceptors (Lipinski definition) is 12. The molecule has 0 unspecified atom stereocenters. The van der Waals surface area contributed by atoms with Crippen LogP contribution in [0.15, 0.2) is 0 Å². The molecule has 0 amide bonds. The molecule has 20 nitrogen and oxygen atoms in total. The van der Waals surface area contributed by atoms with Gasteiger partial charge >= 0.3 is 0 Å². The number of nitriles is 4. The first-order valence-corrected chi connectivity index (χ1v) is 49.4. The number of piperidine rings is 8. The van der Waals surface area contributed by atoms with Crippen LogP contribution in [0.4, 0.5) is 0 Å². The van der Waals surface area contributed by atoms with Gasteiger partial charge in [0, 0.05) is 28.5 Å². The molecular weight excluding hydrogens is 1440 g/mol. The van der Waals surface area contributed by atoms with E-state index in [4.69, 9.17) is 61.2 Å². The maximum Gasteiger partial charge on any atom is 0.0786 e. The number of unbranched alkanes of at least 4 members (excludes halogenated alkanes) is 8. The van der Waals surface area contributed by atoms with E-state index in [0.29, 0.717) is 0 Å². The first-order chi connectivity index (χ1) is 55.7. The molecule has 0 atom stereocenters. The lowest BCUT2D eigenvalue weighted by Gasteiger charge is -2.40. The summed E-state index contributed by atoms with van der Waals surface area (Å²) in [6.45, 7) is 83.0. The molecule has 0 N–H and O–H groups in total. The summed E-state index contributed by atoms with van der Waals surface area (Å²) in [6, 6.07) is 0. The molecule has 0 saturated carbocycles. The van der Waals surface area contributed by atoms with Crippen LogP contribution in [0.3, 0.4) is 0 Å². The summed E-state index contributed by atoms with van der Waals surface area (Å²) < 4.78 is 11.4. The quantitative estimate of drug-likeness (QED) is 0.0449. The number of hydrogen-bond donors (Lipinski definition) is 0. The average molecular weight is 1640 g/mol. The van der Waals surface area contributed by atoms with E-state index >= 15 is 0 Å². The van der Waals surface area contributed by atoms with Gasteiger partial charge in [-0.1, -0.05) is 107 Å². The van der Waals surface area contributed by atoms with Crippen molar-refractivity contribution in [2.45, 2.75) is 368 Å². The molecule has 680 valence electrons. The third-order valence-corrected chi connectivity index (χ3v) is 27.8. The van der Waals surface area contributed by atoms with Crippen molar-refractivity contribution in [2.75, 3.05) is 209 Å². The zero-order valence-corrected chi connectivity index (χ0v) is 79.9. The third-order valence-electron chi connectivity index (χ3n) is 27.8. The predicted octanol–water partition coefficient (Wildman–Crippen LogP) is 11.5. The second-order valence-electron chi connectivity index (χ2n) is 35.8. The van der Waals surface area contributed by atoms with Gasteiger partial charge in [0.05, 0.1) is 209 Å². The van der Waals surface area contributed by atoms with Gasteiger partial charge in [-0.3, -0.25) is 0 Å². The van der Waals surface area contributed by atoms with E-state index in [1.54, 1.807) is 0 Å². The highest BCUT2D eigenvalue weighted by Crippen LogP contribution is 2.26. The number of nitrogens with zero attached hydrogens (tertiary/aromatic N) is 12. The Balaban J connectivity index is -0.000000598. The van der Waals surface area contributed by atoms with Crippen LogP contribution in [-0.2, 0) is 0 Å². The monoisotopic (exact) mass is 1640 g/mol. The normalized spacial score (nSPS) is 19.6. The summed E-state index contributed by atoms with van der Waals surface area (Å²) in [5, 5.41) is 101. The van der Waals surface area contributed by atoms with Crippen LogP contribution in [0.2, 0.25) is 0 Å². The molecule has 24 heteroatoms. The Morgan fingerprint density at radius 1 is 0.172 bits per heavy atom. The Kier molecular flexibility index (Phi) is 81.2. The lowest BCUT2D eigenvalue weighted by atomic mass is 9.97. The standard InChI is InChI=1S/8C11H24N.4CBNO2/c8*1-3-5-9-12(4-2)10-7-6-8-11-12;4*3-1-2(4)5/h8*3-11H2,1-2H3;;;;/q8*+1;4*-2. The van der Waals surface area contributed by atoms with E-state index in [9.17, 15) is 0 Å². The van der Waals surface area contributed by atoms with E-state index in [-0.39, 0.29) is 0 Å². The van der Waals surface area contributed by atoms with Crippen LogP contribution in [0.1, 0.15) is 368 Å². The fourth-order valence-electron chi connectivity index (χ4n) is 19.0. The Morgan fingerprint density at radius 2 is 0.250 bits per heavy atom. The molecule has 8 aliphatic rings. The van der Waals surface area contributed by atoms with Crippen LogP contribution in [0, 0.1) is 44.9 Å². The molecule has 0 aliphatic carbocycles. The van der Waals surface area contributed by atoms with Gasteiger partial charge in [0.25, 0.3) is 0 Å². The fourth-order valence-corrected chi connectivity index (χ4v) is 19.0. The zero-order chi connectivity index (χ0) is 88.0. The fraction of sp³-hybridized carbons (Fsp3) is 0.957. The van der Waals surface area contributed by atoms with E-state index < -0.39 is 28.5 Å². The van der Waals surface area contributed by atoms with Crippen molar-refractivity contribution in [1.82, 2.24) is 0 Å². The van der Waals surface area contributed by atoms with Crippen LogP contribution in [0.25, 0.3) is 0 Å². The van der Waals surface area contributed by atoms with Gasteiger partial charge in [0.1, 0.15) is 0 Å². The third kappa shape index (κ3) is 61.0. The maximum atomic E-state index is 8.98. The molecule has 8 fully saturated rings. The Labute approximate surface area is 722 Å². The van der Waals surface area contributed by atoms with Crippen molar-refractivity contribution in [3.8, 4) is 23.9 Å². The summed E-state index contributed by atoms with van der Waals surface area (Å²) in [7, 11) is -9.24. The number of rotatable bonds is 32. The van der Waals surface area contributed by atoms with Gasteiger partial charge in [-0.05, 0) is 285 Å². The molecule has 0 aromatic carbocycles. The highest BCUT2D eigenvalue weighted by Gasteiger charge is 2.33. The van der Waals surface area contributed by atoms with Crippen molar-refractivity contribution in [1.29, 1.82) is 21.0 Å². The number of quaternary nitrogens is 8. The summed E-state index contributed by atoms with van der Waals surface area (Å²) >= 11 is 0. The molecule has 8 heterocycles. The van der Waals surface area contributed by atoms with Crippen LogP contribution in [0.5, 0.6) is 0 Å². The van der Waals surface area contributed by atoms with Gasteiger partial charge in [0.15, 0.2) is 0 Å². The molecule has 8 saturated heterocycles. The molecule has 0 bridgehead atoms. The molecule has 8 rings (SSSR count). The smallest absolute Gasteiger partial charge is 0.0786 e. The van der Waals surface area contributed by atoms with Crippen molar-refractivity contribution >= 4 is 28.5 Å². The van der Waals surface area contributed by atoms with Crippen LogP contribution >= 0.6 is 0 Å². The summed E-state index contributed by atoms with van der Waals surface area (Å²) in [6.07, 6.45) is 57.6. The molecule has 0 aromatic heterocycles. The van der Waals surface area contributed by atoms with Gasteiger partial charge in [0.2, 0.25) is 0 Å². The minimum absolute atomic E-state index is 0.917. The Hall–Kier alpha value is -2.42. The van der Waals surface area contributed by atoms with Crippen LogP contribution < -0.4 is 40.2 Å². The first-order valence-electron chi connectivity index (χ1n) is 49.4. The molecule has 0 aromatic rings. The summed E-state index contributed by atoms with van der Waals surface area (Å²) in [4.78, 5) is 0. The van der Waals surface area contributed by atoms with E-state index in [1.807, 2.05) is 0 Å². The molecule has 8 aliphatic heterocycles. The first kappa shape index (κ1) is 120. The van der Waals surface area contributed by atoms with E-state index in [2.05, 4.69) is 111 Å². The Morgan fingerprint density at radius 3 is 0.302 bits per heavy atom. The second kappa shape index (κ2) is 78.6. The minimum Gasteiger partial charge on any atom is -0.881 e. The largest absolute Gasteiger partial charge is 0.881 e. The topological polar surface area (TPSA) is 280 Å². The highest BCUT2D eigenvalue weighted by atomic mass is 16.4. The lowest BCUT2D eigenvalue weighted by Crippen LogP contribution is -2.51. The minimum atomic E-state index is -2.31. The summed E-state index contributed by atoms with van der Waals surface area (Å²) in [5.41, 5.74) is 0. The van der Waals surface area contributed by atoms with E-state index in [1.165, 1.54) is 502 Å². The van der Waals surface area contributed by atoms with Gasteiger partial charge in [-0.25, -0.2) is 21.0 Å². The van der Waals surface area contributed by atoms with Gasteiger partial charge in [-0.2, -0.15) is 0 Å². The highest BCUT2D eigenvalue weighted by molar-refractivity contribution is 6.47. The average Bonchev–Trinajstić information content (AvgIpc) is 0.927. The second-order valence-corrected chi connectivity index (χ2v) is 35.8. The van der Waals surface area contributed by atoms with Crippen molar-refractivity contribution < 1.29 is 76.1 Å². The predicted molar refractivity (Wildman–Crippen MR) is 479 cm³/mol. The lowest BCUT2D eigenvalue weighted by molar-refractivity contribution is -0.931. The van der Waals surface area contributed by atoms with Crippen molar-refractivity contribution in [3.63, 3.8) is 0 Å². The van der Waals surface area contributed by atoms with Crippen molar-refractivity contribution in [2.24, 2.45) is 0 Å². The molecular formula is C92H192B4N12O8. The van der Waals surface area contributed by atoms with Crippen molar-refractivity contribution in [3.05, 3.63) is 0 Å². The van der Waals surface area contributed by atoms with Crippen LogP contribution in [-0.4, -0.2) is 274 Å². The van der Waals surface area contributed by atoms with Gasteiger partial charge < -0.3 is 76.1 Å². The maximum absolute atomic E-state index is 8.98.